The zero-order chi connectivity index (χ0) is 12.5. The summed E-state index contributed by atoms with van der Waals surface area (Å²) in [4.78, 5) is 8.36. The Morgan fingerprint density at radius 2 is 1.82 bits per heavy atom. The lowest BCUT2D eigenvalue weighted by molar-refractivity contribution is -0.122. The highest BCUT2D eigenvalue weighted by atomic mass is 16.3. The number of hydrogen-bond donors (Lipinski definition) is 3. The molecule has 1 saturated carbocycles. The number of carbonyl (C=O) groups is 1. The predicted molar refractivity (Wildman–Crippen MR) is 67.8 cm³/mol. The fourth-order valence-corrected chi connectivity index (χ4v) is 1.55. The van der Waals surface area contributed by atoms with Crippen LogP contribution in [-0.2, 0) is 17.8 Å². The van der Waals surface area contributed by atoms with Crippen LogP contribution in [0.25, 0.3) is 0 Å². The second kappa shape index (κ2) is 7.81. The lowest BCUT2D eigenvalue weighted by Crippen LogP contribution is -2.19. The highest BCUT2D eigenvalue weighted by molar-refractivity contribution is 5.32. The van der Waals surface area contributed by atoms with Gasteiger partial charge >= 0.3 is 0 Å². The average Bonchev–Trinajstić information content (AvgIpc) is 3.15. The van der Waals surface area contributed by atoms with Crippen LogP contribution in [0.1, 0.15) is 24.0 Å². The van der Waals surface area contributed by atoms with Gasteiger partial charge in [0.15, 0.2) is 0 Å². The molecule has 1 aromatic carbocycles. The molecule has 17 heavy (non-hydrogen) atoms. The van der Waals surface area contributed by atoms with Crippen LogP contribution in [0.4, 0.5) is 0 Å². The van der Waals surface area contributed by atoms with E-state index in [1.54, 1.807) is 0 Å². The fraction of sp³-hybridized carbons (Fsp3) is 0.462. The van der Waals surface area contributed by atoms with Crippen LogP contribution in [0.15, 0.2) is 24.3 Å². The summed E-state index contributed by atoms with van der Waals surface area (Å²) >= 11 is 0. The quantitative estimate of drug-likeness (QED) is 0.670. The smallest absolute Gasteiger partial charge is 0.290 e. The van der Waals surface area contributed by atoms with Gasteiger partial charge in [-0.1, -0.05) is 24.3 Å². The lowest BCUT2D eigenvalue weighted by Gasteiger charge is -2.03. The van der Waals surface area contributed by atoms with Crippen molar-refractivity contribution in [3.63, 3.8) is 0 Å². The van der Waals surface area contributed by atoms with Crippen molar-refractivity contribution >= 4 is 6.47 Å². The maximum atomic E-state index is 8.36. The monoisotopic (exact) mass is 236 g/mol. The van der Waals surface area contributed by atoms with Crippen molar-refractivity contribution in [2.45, 2.75) is 31.8 Å². The molecule has 1 aromatic rings. The molecule has 0 spiro atoms. The molecule has 0 atom stereocenters. The van der Waals surface area contributed by atoms with E-state index in [1.807, 2.05) is 0 Å². The van der Waals surface area contributed by atoms with Gasteiger partial charge in [0.1, 0.15) is 0 Å². The number of nitrogens with one attached hydrogen (secondary N) is 1. The van der Waals surface area contributed by atoms with Gasteiger partial charge in [0.2, 0.25) is 0 Å². The Kier molecular flexibility index (Phi) is 6.29. The minimum Gasteiger partial charge on any atom is -0.483 e. The molecule has 1 aliphatic carbocycles. The van der Waals surface area contributed by atoms with Crippen LogP contribution in [0.5, 0.6) is 0 Å². The summed E-state index contributed by atoms with van der Waals surface area (Å²) in [6.07, 6.45) is 3.86. The van der Waals surface area contributed by atoms with Crippen molar-refractivity contribution < 1.29 is 9.90 Å². The van der Waals surface area contributed by atoms with Crippen LogP contribution in [-0.4, -0.2) is 24.2 Å². The Labute approximate surface area is 102 Å². The molecule has 1 aliphatic rings. The Morgan fingerprint density at radius 1 is 1.29 bits per heavy atom. The molecule has 4 N–H and O–H groups in total. The number of benzene rings is 1. The molecule has 0 aliphatic heterocycles. The number of hydrogen-bond acceptors (Lipinski definition) is 3. The average molecular weight is 236 g/mol. The molecular formula is C13H20N2O2. The largest absolute Gasteiger partial charge is 0.483 e. The van der Waals surface area contributed by atoms with E-state index in [9.17, 15) is 0 Å². The molecule has 0 aromatic heterocycles. The number of carboxylic acid groups (broad SMARTS) is 1. The van der Waals surface area contributed by atoms with E-state index in [2.05, 4.69) is 29.6 Å². The fourth-order valence-electron chi connectivity index (χ4n) is 1.55. The third-order valence-electron chi connectivity index (χ3n) is 2.68. The van der Waals surface area contributed by atoms with Crippen LogP contribution < -0.4 is 11.1 Å². The van der Waals surface area contributed by atoms with Gasteiger partial charge in [-0.05, 0) is 36.9 Å². The van der Waals surface area contributed by atoms with E-state index >= 15 is 0 Å². The molecule has 0 radical (unpaired) electrons. The van der Waals surface area contributed by atoms with E-state index in [-0.39, 0.29) is 6.47 Å². The highest BCUT2D eigenvalue weighted by Crippen LogP contribution is 2.18. The maximum absolute atomic E-state index is 8.36. The molecule has 4 nitrogen and oxygen atoms in total. The van der Waals surface area contributed by atoms with Gasteiger partial charge in [-0.25, -0.2) is 0 Å². The molecule has 4 heteroatoms. The SMILES string of the molecule is NCc1ccc(CCNC2CC2)cc1.O=CO. The summed E-state index contributed by atoms with van der Waals surface area (Å²) in [6, 6.07) is 9.41. The minimum absolute atomic E-state index is 0.250. The van der Waals surface area contributed by atoms with Crippen molar-refractivity contribution in [2.24, 2.45) is 5.73 Å². The first-order valence-electron chi connectivity index (χ1n) is 5.89. The van der Waals surface area contributed by atoms with Crippen LogP contribution >= 0.6 is 0 Å². The second-order valence-corrected chi connectivity index (χ2v) is 4.10. The highest BCUT2D eigenvalue weighted by Gasteiger charge is 2.19. The normalized spacial score (nSPS) is 13.7. The van der Waals surface area contributed by atoms with Crippen molar-refractivity contribution in [1.29, 1.82) is 0 Å². The molecule has 0 amide bonds. The Hall–Kier alpha value is -1.39. The lowest BCUT2D eigenvalue weighted by atomic mass is 10.1. The molecule has 0 bridgehead atoms. The van der Waals surface area contributed by atoms with E-state index in [1.165, 1.54) is 24.0 Å². The summed E-state index contributed by atoms with van der Waals surface area (Å²) in [5.74, 6) is 0. The molecule has 0 unspecified atom stereocenters. The summed E-state index contributed by atoms with van der Waals surface area (Å²) < 4.78 is 0. The van der Waals surface area contributed by atoms with E-state index in [4.69, 9.17) is 15.6 Å². The first-order valence-corrected chi connectivity index (χ1v) is 5.89. The van der Waals surface area contributed by atoms with E-state index in [0.29, 0.717) is 6.54 Å². The zero-order valence-corrected chi connectivity index (χ0v) is 9.93. The van der Waals surface area contributed by atoms with Crippen molar-refractivity contribution in [1.82, 2.24) is 5.32 Å². The summed E-state index contributed by atoms with van der Waals surface area (Å²) in [7, 11) is 0. The van der Waals surface area contributed by atoms with Gasteiger partial charge in [0.25, 0.3) is 6.47 Å². The first kappa shape index (κ1) is 13.7. The van der Waals surface area contributed by atoms with E-state index in [0.717, 1.165) is 19.0 Å². The Balaban J connectivity index is 0.000000437. The predicted octanol–water partition coefficient (Wildman–Crippen LogP) is 1.14. The topological polar surface area (TPSA) is 75.3 Å². The number of rotatable bonds is 5. The summed E-state index contributed by atoms with van der Waals surface area (Å²) in [5.41, 5.74) is 8.15. The van der Waals surface area contributed by atoms with Gasteiger partial charge < -0.3 is 16.2 Å². The molecule has 94 valence electrons. The molecule has 0 saturated heterocycles. The van der Waals surface area contributed by atoms with Crippen molar-refractivity contribution in [2.75, 3.05) is 6.54 Å². The van der Waals surface area contributed by atoms with E-state index < -0.39 is 0 Å². The Morgan fingerprint density at radius 3 is 2.29 bits per heavy atom. The standard InChI is InChI=1S/C12H18N2.CH2O2/c13-9-11-3-1-10(2-4-11)7-8-14-12-5-6-12;2-1-3/h1-4,12,14H,5-9,13H2;1H,(H,2,3). The van der Waals surface area contributed by atoms with Gasteiger partial charge in [0.05, 0.1) is 0 Å². The zero-order valence-electron chi connectivity index (χ0n) is 9.93. The second-order valence-electron chi connectivity index (χ2n) is 4.10. The summed E-state index contributed by atoms with van der Waals surface area (Å²) in [5, 5.41) is 10.4. The summed E-state index contributed by atoms with van der Waals surface area (Å²) in [6.45, 7) is 1.49. The third-order valence-corrected chi connectivity index (χ3v) is 2.68. The first-order chi connectivity index (χ1) is 8.30. The van der Waals surface area contributed by atoms with Crippen LogP contribution in [0, 0.1) is 0 Å². The molecular weight excluding hydrogens is 216 g/mol. The van der Waals surface area contributed by atoms with Gasteiger partial charge in [-0.3, -0.25) is 4.79 Å². The van der Waals surface area contributed by atoms with Crippen molar-refractivity contribution in [3.05, 3.63) is 35.4 Å². The maximum Gasteiger partial charge on any atom is 0.290 e. The third kappa shape index (κ3) is 6.04. The van der Waals surface area contributed by atoms with Crippen molar-refractivity contribution in [3.8, 4) is 0 Å². The van der Waals surface area contributed by atoms with Gasteiger partial charge in [-0.2, -0.15) is 0 Å². The van der Waals surface area contributed by atoms with Crippen LogP contribution in [0.2, 0.25) is 0 Å². The van der Waals surface area contributed by atoms with Gasteiger partial charge in [0, 0.05) is 12.6 Å². The minimum atomic E-state index is -0.250. The Bertz CT molecular complexity index is 321. The molecule has 0 heterocycles. The number of nitrogens with two attached hydrogens (primary N) is 1. The molecule has 2 rings (SSSR count). The van der Waals surface area contributed by atoms with Crippen LogP contribution in [0.3, 0.4) is 0 Å². The van der Waals surface area contributed by atoms with Gasteiger partial charge in [-0.15, -0.1) is 0 Å². The molecule has 1 fully saturated rings.